The van der Waals surface area contributed by atoms with Crippen LogP contribution in [0.2, 0.25) is 0 Å². The highest BCUT2D eigenvalue weighted by atomic mass is 16.5. The van der Waals surface area contributed by atoms with Crippen molar-refractivity contribution in [2.45, 2.75) is 33.2 Å². The number of nitrogens with two attached hydrogens (primary N) is 1. The normalized spacial score (nSPS) is 12.9. The fraction of sp³-hybridized carbons (Fsp3) is 0.917. The molecule has 0 aliphatic rings. The van der Waals surface area contributed by atoms with Gasteiger partial charge in [-0.15, -0.1) is 0 Å². The van der Waals surface area contributed by atoms with Gasteiger partial charge in [0.2, 0.25) is 5.91 Å². The molecule has 102 valence electrons. The number of hydrogen-bond acceptors (Lipinski definition) is 4. The molecule has 0 aliphatic carbocycles. The first-order chi connectivity index (χ1) is 8.07. The molecule has 3 N–H and O–H groups in total. The lowest BCUT2D eigenvalue weighted by Gasteiger charge is -2.14. The van der Waals surface area contributed by atoms with Gasteiger partial charge in [0.05, 0.1) is 19.3 Å². The molecule has 0 aromatic heterocycles. The molecule has 17 heavy (non-hydrogen) atoms. The molecule has 0 aliphatic heterocycles. The molecule has 0 radical (unpaired) electrons. The summed E-state index contributed by atoms with van der Waals surface area (Å²) in [6, 6.07) is -0.295. The third-order valence-electron chi connectivity index (χ3n) is 2.17. The predicted molar refractivity (Wildman–Crippen MR) is 67.8 cm³/mol. The van der Waals surface area contributed by atoms with E-state index >= 15 is 0 Å². The number of likely N-dealkylation sites (N-methyl/N-ethyl adjacent to an activating group) is 1. The van der Waals surface area contributed by atoms with Gasteiger partial charge in [-0.3, -0.25) is 4.79 Å². The number of ether oxygens (including phenoxy) is 2. The molecule has 1 unspecified atom stereocenters. The van der Waals surface area contributed by atoms with Crippen molar-refractivity contribution in [3.63, 3.8) is 0 Å². The van der Waals surface area contributed by atoms with Crippen LogP contribution in [0, 0.1) is 5.92 Å². The topological polar surface area (TPSA) is 73.6 Å². The summed E-state index contributed by atoms with van der Waals surface area (Å²) in [5.74, 6) is 0.217. The second-order valence-electron chi connectivity index (χ2n) is 4.38. The molecule has 0 aromatic carbocycles. The molecule has 1 atom stereocenters. The summed E-state index contributed by atoms with van der Waals surface area (Å²) in [7, 11) is 0. The Hall–Kier alpha value is -0.650. The van der Waals surface area contributed by atoms with Gasteiger partial charge in [0.15, 0.2) is 0 Å². The molecular formula is C12H26N2O3. The maximum atomic E-state index is 11.0. The minimum Gasteiger partial charge on any atom is -0.379 e. The van der Waals surface area contributed by atoms with E-state index in [1.165, 1.54) is 0 Å². The lowest BCUT2D eigenvalue weighted by molar-refractivity contribution is -0.120. The van der Waals surface area contributed by atoms with Gasteiger partial charge in [-0.2, -0.15) is 0 Å². The Bertz CT molecular complexity index is 198. The molecular weight excluding hydrogens is 220 g/mol. The Morgan fingerprint density at radius 1 is 1.24 bits per heavy atom. The number of carbonyl (C=O) groups excluding carboxylic acids is 1. The lowest BCUT2D eigenvalue weighted by atomic mass is 10.2. The monoisotopic (exact) mass is 246 g/mol. The number of nitrogens with one attached hydrogen (secondary N) is 1. The van der Waals surface area contributed by atoms with Crippen LogP contribution in [0.25, 0.3) is 0 Å². The number of rotatable bonds is 11. The molecule has 0 spiro atoms. The van der Waals surface area contributed by atoms with Gasteiger partial charge in [0.25, 0.3) is 0 Å². The summed E-state index contributed by atoms with van der Waals surface area (Å²) < 4.78 is 10.7. The summed E-state index contributed by atoms with van der Waals surface area (Å²) in [6.07, 6.45) is 0.605. The molecule has 1 amide bonds. The molecule has 5 heteroatoms. The van der Waals surface area contributed by atoms with E-state index in [-0.39, 0.29) is 11.9 Å². The number of hydrogen-bond donors (Lipinski definition) is 2. The predicted octanol–water partition coefficient (Wildman–Crippen LogP) is 0.529. The second kappa shape index (κ2) is 10.5. The van der Waals surface area contributed by atoms with Crippen LogP contribution >= 0.6 is 0 Å². The molecule has 0 bridgehead atoms. The minimum absolute atomic E-state index is 0.295. The number of carbonyl (C=O) groups is 1. The van der Waals surface area contributed by atoms with Gasteiger partial charge in [-0.05, 0) is 18.9 Å². The molecule has 5 nitrogen and oxygen atoms in total. The van der Waals surface area contributed by atoms with Gasteiger partial charge in [0, 0.05) is 13.2 Å². The van der Waals surface area contributed by atoms with Crippen LogP contribution in [0.1, 0.15) is 27.2 Å². The maximum absolute atomic E-state index is 11.0. The van der Waals surface area contributed by atoms with Crippen LogP contribution in [0.3, 0.4) is 0 Å². The maximum Gasteiger partial charge on any atom is 0.234 e. The van der Waals surface area contributed by atoms with Crippen molar-refractivity contribution in [1.29, 1.82) is 0 Å². The highest BCUT2D eigenvalue weighted by molar-refractivity contribution is 5.79. The molecule has 0 heterocycles. The molecule has 0 aromatic rings. The standard InChI is InChI=1S/C12H26N2O3/c1-4-14-11(12(13)15)5-6-16-7-8-17-9-10(2)3/h10-11,14H,4-9H2,1-3H3,(H2,13,15). The third kappa shape index (κ3) is 10.2. The van der Waals surface area contributed by atoms with E-state index in [0.29, 0.717) is 32.2 Å². The van der Waals surface area contributed by atoms with Crippen LogP contribution in [-0.4, -0.2) is 44.9 Å². The van der Waals surface area contributed by atoms with Gasteiger partial charge >= 0.3 is 0 Å². The van der Waals surface area contributed by atoms with Crippen molar-refractivity contribution in [3.8, 4) is 0 Å². The van der Waals surface area contributed by atoms with Gasteiger partial charge in [-0.1, -0.05) is 20.8 Å². The van der Waals surface area contributed by atoms with E-state index in [1.807, 2.05) is 6.92 Å². The smallest absolute Gasteiger partial charge is 0.234 e. The lowest BCUT2D eigenvalue weighted by Crippen LogP contribution is -2.41. The van der Waals surface area contributed by atoms with Crippen molar-refractivity contribution in [1.82, 2.24) is 5.32 Å². The molecule has 0 saturated heterocycles. The second-order valence-corrected chi connectivity index (χ2v) is 4.38. The summed E-state index contributed by atoms with van der Waals surface area (Å²) >= 11 is 0. The fourth-order valence-corrected chi connectivity index (χ4v) is 1.33. The van der Waals surface area contributed by atoms with Crippen LogP contribution in [-0.2, 0) is 14.3 Å². The van der Waals surface area contributed by atoms with Crippen molar-refractivity contribution >= 4 is 5.91 Å². The Labute approximate surface area is 104 Å². The van der Waals surface area contributed by atoms with E-state index in [0.717, 1.165) is 13.2 Å². The Morgan fingerprint density at radius 2 is 1.88 bits per heavy atom. The van der Waals surface area contributed by atoms with E-state index in [9.17, 15) is 4.79 Å². The Balaban J connectivity index is 3.39. The first-order valence-corrected chi connectivity index (χ1v) is 6.26. The number of primary amides is 1. The minimum atomic E-state index is -0.327. The van der Waals surface area contributed by atoms with E-state index in [2.05, 4.69) is 19.2 Å². The van der Waals surface area contributed by atoms with Crippen LogP contribution in [0.15, 0.2) is 0 Å². The van der Waals surface area contributed by atoms with E-state index in [4.69, 9.17) is 15.2 Å². The fourth-order valence-electron chi connectivity index (χ4n) is 1.33. The molecule has 0 fully saturated rings. The largest absolute Gasteiger partial charge is 0.379 e. The van der Waals surface area contributed by atoms with Gasteiger partial charge in [0.1, 0.15) is 0 Å². The van der Waals surface area contributed by atoms with Crippen molar-refractivity contribution < 1.29 is 14.3 Å². The summed E-state index contributed by atoms with van der Waals surface area (Å²) in [5, 5.41) is 3.01. The molecule has 0 rings (SSSR count). The van der Waals surface area contributed by atoms with Gasteiger partial charge in [-0.25, -0.2) is 0 Å². The SMILES string of the molecule is CCNC(CCOCCOCC(C)C)C(N)=O. The zero-order valence-corrected chi connectivity index (χ0v) is 11.2. The third-order valence-corrected chi connectivity index (χ3v) is 2.17. The first kappa shape index (κ1) is 16.4. The number of amides is 1. The first-order valence-electron chi connectivity index (χ1n) is 6.26. The Morgan fingerprint density at radius 3 is 2.41 bits per heavy atom. The Kier molecular flexibility index (Phi) is 10.1. The molecule has 0 saturated carbocycles. The van der Waals surface area contributed by atoms with Crippen LogP contribution in [0.4, 0.5) is 0 Å². The van der Waals surface area contributed by atoms with E-state index in [1.54, 1.807) is 0 Å². The van der Waals surface area contributed by atoms with Crippen molar-refractivity contribution in [3.05, 3.63) is 0 Å². The van der Waals surface area contributed by atoms with Gasteiger partial charge < -0.3 is 20.5 Å². The summed E-state index contributed by atoms with van der Waals surface area (Å²) in [6.45, 7) is 9.31. The zero-order valence-electron chi connectivity index (χ0n) is 11.2. The quantitative estimate of drug-likeness (QED) is 0.522. The van der Waals surface area contributed by atoms with Crippen molar-refractivity contribution in [2.24, 2.45) is 11.7 Å². The summed E-state index contributed by atoms with van der Waals surface area (Å²) in [4.78, 5) is 11.0. The van der Waals surface area contributed by atoms with Crippen LogP contribution < -0.4 is 11.1 Å². The van der Waals surface area contributed by atoms with Crippen molar-refractivity contribution in [2.75, 3.05) is 33.0 Å². The van der Waals surface area contributed by atoms with Crippen LogP contribution in [0.5, 0.6) is 0 Å². The average molecular weight is 246 g/mol. The highest BCUT2D eigenvalue weighted by Crippen LogP contribution is 1.94. The zero-order chi connectivity index (χ0) is 13.1. The summed E-state index contributed by atoms with van der Waals surface area (Å²) in [5.41, 5.74) is 5.24. The average Bonchev–Trinajstić information content (AvgIpc) is 2.25. The highest BCUT2D eigenvalue weighted by Gasteiger charge is 2.12. The van der Waals surface area contributed by atoms with E-state index < -0.39 is 0 Å².